The van der Waals surface area contributed by atoms with Crippen molar-refractivity contribution in [3.05, 3.63) is 35.4 Å². The Bertz CT molecular complexity index is 411. The van der Waals surface area contributed by atoms with Crippen LogP contribution in [0.3, 0.4) is 0 Å². The first-order valence-electron chi connectivity index (χ1n) is 6.98. The Hall–Kier alpha value is -1.31. The molecule has 0 spiro atoms. The molecule has 2 nitrogen and oxygen atoms in total. The average molecular weight is 246 g/mol. The summed E-state index contributed by atoms with van der Waals surface area (Å²) in [6.45, 7) is 4.18. The number of esters is 1. The van der Waals surface area contributed by atoms with Gasteiger partial charge in [-0.1, -0.05) is 31.0 Å². The number of hydrogen-bond acceptors (Lipinski definition) is 2. The van der Waals surface area contributed by atoms with Crippen molar-refractivity contribution in [1.82, 2.24) is 0 Å². The lowest BCUT2D eigenvalue weighted by Gasteiger charge is -2.30. The van der Waals surface area contributed by atoms with Gasteiger partial charge >= 0.3 is 5.97 Å². The molecule has 0 aromatic heterocycles. The summed E-state index contributed by atoms with van der Waals surface area (Å²) in [4.78, 5) is 12.1. The molecule has 0 amide bonds. The van der Waals surface area contributed by atoms with E-state index in [1.807, 2.05) is 31.2 Å². The minimum atomic E-state index is -0.163. The third kappa shape index (κ3) is 3.12. The summed E-state index contributed by atoms with van der Waals surface area (Å²) in [6, 6.07) is 7.63. The Morgan fingerprint density at radius 2 is 2.11 bits per heavy atom. The van der Waals surface area contributed by atoms with Crippen molar-refractivity contribution in [3.8, 4) is 0 Å². The van der Waals surface area contributed by atoms with Gasteiger partial charge < -0.3 is 4.74 Å². The molecule has 98 valence electrons. The van der Waals surface area contributed by atoms with Crippen molar-refractivity contribution in [2.75, 3.05) is 0 Å². The van der Waals surface area contributed by atoms with Crippen molar-refractivity contribution in [2.24, 2.45) is 5.92 Å². The highest BCUT2D eigenvalue weighted by Crippen LogP contribution is 2.29. The van der Waals surface area contributed by atoms with Gasteiger partial charge in [0.15, 0.2) is 0 Å². The number of ether oxygens (including phenoxy) is 1. The van der Waals surface area contributed by atoms with Crippen molar-refractivity contribution < 1.29 is 9.53 Å². The minimum Gasteiger partial charge on any atom is -0.458 e. The quantitative estimate of drug-likeness (QED) is 0.750. The Labute approximate surface area is 109 Å². The molecular weight excluding hydrogens is 224 g/mol. The fourth-order valence-corrected chi connectivity index (χ4v) is 2.77. The number of carbonyl (C=O) groups is 1. The number of carbonyl (C=O) groups excluding carboxylic acids is 1. The summed E-state index contributed by atoms with van der Waals surface area (Å²) in [7, 11) is 0. The van der Waals surface area contributed by atoms with Gasteiger partial charge in [0.2, 0.25) is 0 Å². The standard InChI is InChI=1S/C16H22O2/c1-3-13-8-4-5-10-15(13)18-16(17)14-9-6-7-12(2)11-14/h6-7,9,11,13,15H,3-5,8,10H2,1-2H3. The molecule has 18 heavy (non-hydrogen) atoms. The normalized spacial score (nSPS) is 23.7. The van der Waals surface area contributed by atoms with E-state index >= 15 is 0 Å². The lowest BCUT2D eigenvalue weighted by molar-refractivity contribution is 0.000701. The van der Waals surface area contributed by atoms with E-state index in [-0.39, 0.29) is 12.1 Å². The van der Waals surface area contributed by atoms with Crippen LogP contribution in [-0.2, 0) is 4.74 Å². The lowest BCUT2D eigenvalue weighted by Crippen LogP contribution is -2.29. The molecule has 1 aromatic carbocycles. The Kier molecular flexibility index (Phi) is 4.40. The van der Waals surface area contributed by atoms with Crippen molar-refractivity contribution in [2.45, 2.75) is 52.1 Å². The molecule has 2 unspecified atom stereocenters. The minimum absolute atomic E-state index is 0.122. The molecule has 0 heterocycles. The number of hydrogen-bond donors (Lipinski definition) is 0. The van der Waals surface area contributed by atoms with Gasteiger partial charge in [-0.25, -0.2) is 4.79 Å². The molecule has 1 fully saturated rings. The van der Waals surface area contributed by atoms with Gasteiger partial charge in [0.1, 0.15) is 6.10 Å². The number of rotatable bonds is 3. The first-order chi connectivity index (χ1) is 8.70. The number of aryl methyl sites for hydroxylation is 1. The Balaban J connectivity index is 2.02. The Morgan fingerprint density at radius 1 is 1.33 bits per heavy atom. The van der Waals surface area contributed by atoms with E-state index < -0.39 is 0 Å². The molecule has 1 aromatic rings. The van der Waals surface area contributed by atoms with E-state index in [9.17, 15) is 4.79 Å². The zero-order valence-electron chi connectivity index (χ0n) is 11.3. The van der Waals surface area contributed by atoms with E-state index in [0.717, 1.165) is 18.4 Å². The first kappa shape index (κ1) is 13.1. The second-order valence-electron chi connectivity index (χ2n) is 5.27. The van der Waals surface area contributed by atoms with Crippen LogP contribution in [0.25, 0.3) is 0 Å². The highest BCUT2D eigenvalue weighted by atomic mass is 16.5. The summed E-state index contributed by atoms with van der Waals surface area (Å²) in [5.41, 5.74) is 1.77. The smallest absolute Gasteiger partial charge is 0.338 e. The van der Waals surface area contributed by atoms with Crippen molar-refractivity contribution in [3.63, 3.8) is 0 Å². The molecule has 0 aliphatic heterocycles. The molecule has 0 radical (unpaired) electrons. The van der Waals surface area contributed by atoms with Crippen LogP contribution in [0.1, 0.15) is 54.9 Å². The van der Waals surface area contributed by atoms with E-state index in [2.05, 4.69) is 6.92 Å². The molecule has 1 aliphatic carbocycles. The van der Waals surface area contributed by atoms with Gasteiger partial charge in [-0.2, -0.15) is 0 Å². The highest BCUT2D eigenvalue weighted by molar-refractivity contribution is 5.89. The fourth-order valence-electron chi connectivity index (χ4n) is 2.77. The van der Waals surface area contributed by atoms with Gasteiger partial charge in [0.05, 0.1) is 5.56 Å². The van der Waals surface area contributed by atoms with Gasteiger partial charge in [-0.05, 0) is 50.7 Å². The zero-order valence-corrected chi connectivity index (χ0v) is 11.3. The van der Waals surface area contributed by atoms with Crippen LogP contribution in [0, 0.1) is 12.8 Å². The Morgan fingerprint density at radius 3 is 2.83 bits per heavy atom. The molecule has 2 rings (SSSR count). The van der Waals surface area contributed by atoms with Gasteiger partial charge in [0.25, 0.3) is 0 Å². The maximum Gasteiger partial charge on any atom is 0.338 e. The van der Waals surface area contributed by atoms with Crippen molar-refractivity contribution >= 4 is 5.97 Å². The van der Waals surface area contributed by atoms with Crippen molar-refractivity contribution in [1.29, 1.82) is 0 Å². The predicted molar refractivity (Wildman–Crippen MR) is 72.6 cm³/mol. The predicted octanol–water partition coefficient (Wildman–Crippen LogP) is 4.12. The second-order valence-corrected chi connectivity index (χ2v) is 5.27. The van der Waals surface area contributed by atoms with E-state index in [1.165, 1.54) is 19.3 Å². The topological polar surface area (TPSA) is 26.3 Å². The van der Waals surface area contributed by atoms with Gasteiger partial charge in [-0.3, -0.25) is 0 Å². The maximum absolute atomic E-state index is 12.1. The molecule has 2 heteroatoms. The third-order valence-corrected chi connectivity index (χ3v) is 3.88. The molecular formula is C16H22O2. The van der Waals surface area contributed by atoms with Crippen LogP contribution in [0.4, 0.5) is 0 Å². The van der Waals surface area contributed by atoms with Crippen LogP contribution in [0.2, 0.25) is 0 Å². The summed E-state index contributed by atoms with van der Waals surface area (Å²) < 4.78 is 5.70. The van der Waals surface area contributed by atoms with Crippen LogP contribution >= 0.6 is 0 Å². The largest absolute Gasteiger partial charge is 0.458 e. The van der Waals surface area contributed by atoms with Crippen LogP contribution < -0.4 is 0 Å². The third-order valence-electron chi connectivity index (χ3n) is 3.88. The van der Waals surface area contributed by atoms with Crippen LogP contribution in [0.15, 0.2) is 24.3 Å². The maximum atomic E-state index is 12.1. The monoisotopic (exact) mass is 246 g/mol. The molecule has 1 aliphatic rings. The SMILES string of the molecule is CCC1CCCCC1OC(=O)c1cccc(C)c1. The summed E-state index contributed by atoms with van der Waals surface area (Å²) >= 11 is 0. The second kappa shape index (κ2) is 6.03. The lowest BCUT2D eigenvalue weighted by atomic mass is 9.85. The average Bonchev–Trinajstić information content (AvgIpc) is 2.39. The van der Waals surface area contributed by atoms with Gasteiger partial charge in [-0.15, -0.1) is 0 Å². The van der Waals surface area contributed by atoms with Crippen LogP contribution in [-0.4, -0.2) is 12.1 Å². The summed E-state index contributed by atoms with van der Waals surface area (Å²) in [5.74, 6) is 0.386. The number of benzene rings is 1. The van der Waals surface area contributed by atoms with Gasteiger partial charge in [0, 0.05) is 0 Å². The van der Waals surface area contributed by atoms with E-state index in [0.29, 0.717) is 11.5 Å². The molecule has 2 atom stereocenters. The molecule has 0 bridgehead atoms. The zero-order chi connectivity index (χ0) is 13.0. The van der Waals surface area contributed by atoms with E-state index in [1.54, 1.807) is 0 Å². The van der Waals surface area contributed by atoms with Crippen LogP contribution in [0.5, 0.6) is 0 Å². The fraction of sp³-hybridized carbons (Fsp3) is 0.562. The van der Waals surface area contributed by atoms with E-state index in [4.69, 9.17) is 4.74 Å². The first-order valence-corrected chi connectivity index (χ1v) is 6.98. The highest BCUT2D eigenvalue weighted by Gasteiger charge is 2.27. The molecule has 0 N–H and O–H groups in total. The summed E-state index contributed by atoms with van der Waals surface area (Å²) in [6.07, 6.45) is 5.90. The summed E-state index contributed by atoms with van der Waals surface area (Å²) in [5, 5.41) is 0. The molecule has 1 saturated carbocycles. The molecule has 0 saturated heterocycles.